The average molecular weight is 352 g/mol. The van der Waals surface area contributed by atoms with Gasteiger partial charge in [0.25, 0.3) is 0 Å². The molecule has 1 N–H and O–H groups in total. The Bertz CT molecular complexity index is 682. The van der Waals surface area contributed by atoms with Crippen LogP contribution < -0.4 is 5.32 Å². The molecule has 0 saturated heterocycles. The fourth-order valence-corrected chi connectivity index (χ4v) is 2.24. The van der Waals surface area contributed by atoms with Crippen molar-refractivity contribution in [2.75, 3.05) is 12.4 Å². The van der Waals surface area contributed by atoms with Gasteiger partial charge >= 0.3 is 5.97 Å². The van der Waals surface area contributed by atoms with E-state index in [9.17, 15) is 9.59 Å². The molecule has 0 aliphatic heterocycles. The molecule has 1 heterocycles. The zero-order valence-electron chi connectivity index (χ0n) is 11.6. The van der Waals surface area contributed by atoms with Gasteiger partial charge < -0.3 is 14.6 Å². The summed E-state index contributed by atoms with van der Waals surface area (Å²) in [6.45, 7) is 1.71. The van der Waals surface area contributed by atoms with Gasteiger partial charge in [0.1, 0.15) is 18.1 Å². The number of benzene rings is 1. The standard InChI is InChI=1S/C14H14BrN3O3/c1-9-16-7-12(14(20)21-2)18(9)8-13(19)17-11-5-3-4-10(15)6-11/h3-7H,8H2,1-2H3,(H,17,19). The smallest absolute Gasteiger partial charge is 0.356 e. The summed E-state index contributed by atoms with van der Waals surface area (Å²) in [4.78, 5) is 27.7. The molecule has 0 aliphatic rings. The lowest BCUT2D eigenvalue weighted by Gasteiger charge is -2.10. The zero-order valence-corrected chi connectivity index (χ0v) is 13.2. The van der Waals surface area contributed by atoms with Crippen molar-refractivity contribution >= 4 is 33.5 Å². The number of aromatic nitrogens is 2. The molecule has 110 valence electrons. The highest BCUT2D eigenvalue weighted by molar-refractivity contribution is 9.10. The number of hydrogen-bond donors (Lipinski definition) is 1. The number of imidazole rings is 1. The fraction of sp³-hybridized carbons (Fsp3) is 0.214. The summed E-state index contributed by atoms with van der Waals surface area (Å²) < 4.78 is 7.05. The first-order valence-corrected chi connectivity index (χ1v) is 6.96. The number of nitrogens with one attached hydrogen (secondary N) is 1. The number of anilines is 1. The van der Waals surface area contributed by atoms with Gasteiger partial charge in [0.05, 0.1) is 13.3 Å². The number of aryl methyl sites for hydroxylation is 1. The Kier molecular flexibility index (Phi) is 4.74. The van der Waals surface area contributed by atoms with E-state index in [0.29, 0.717) is 11.5 Å². The van der Waals surface area contributed by atoms with Gasteiger partial charge in [0.2, 0.25) is 5.91 Å². The first-order chi connectivity index (χ1) is 10.0. The van der Waals surface area contributed by atoms with Crippen LogP contribution in [0.5, 0.6) is 0 Å². The summed E-state index contributed by atoms with van der Waals surface area (Å²) in [5, 5.41) is 2.76. The molecule has 6 nitrogen and oxygen atoms in total. The third-order valence-corrected chi connectivity index (χ3v) is 3.35. The van der Waals surface area contributed by atoms with Crippen LogP contribution in [0, 0.1) is 6.92 Å². The topological polar surface area (TPSA) is 73.2 Å². The van der Waals surface area contributed by atoms with Crippen LogP contribution in [0.4, 0.5) is 5.69 Å². The van der Waals surface area contributed by atoms with E-state index in [0.717, 1.165) is 4.47 Å². The van der Waals surface area contributed by atoms with Gasteiger partial charge in [-0.15, -0.1) is 0 Å². The van der Waals surface area contributed by atoms with Gasteiger partial charge in [-0.3, -0.25) is 4.79 Å². The average Bonchev–Trinajstić information content (AvgIpc) is 2.79. The van der Waals surface area contributed by atoms with Crippen molar-refractivity contribution < 1.29 is 14.3 Å². The van der Waals surface area contributed by atoms with E-state index in [-0.39, 0.29) is 18.1 Å². The van der Waals surface area contributed by atoms with Gasteiger partial charge in [0.15, 0.2) is 0 Å². The normalized spacial score (nSPS) is 10.2. The van der Waals surface area contributed by atoms with Gasteiger partial charge in [0, 0.05) is 10.2 Å². The number of esters is 1. The van der Waals surface area contributed by atoms with Crippen LogP contribution in [-0.2, 0) is 16.1 Å². The number of hydrogen-bond acceptors (Lipinski definition) is 4. The van der Waals surface area contributed by atoms with Crippen LogP contribution in [0.15, 0.2) is 34.9 Å². The second kappa shape index (κ2) is 6.53. The molecule has 2 rings (SSSR count). The van der Waals surface area contributed by atoms with Gasteiger partial charge in [-0.1, -0.05) is 22.0 Å². The lowest BCUT2D eigenvalue weighted by Crippen LogP contribution is -2.22. The Hall–Kier alpha value is -2.15. The molecule has 0 bridgehead atoms. The molecule has 7 heteroatoms. The first kappa shape index (κ1) is 15.2. The summed E-state index contributed by atoms with van der Waals surface area (Å²) in [6.07, 6.45) is 1.40. The Morgan fingerprint density at radius 1 is 1.43 bits per heavy atom. The van der Waals surface area contributed by atoms with E-state index in [4.69, 9.17) is 0 Å². The number of carbonyl (C=O) groups excluding carboxylic acids is 2. The van der Waals surface area contributed by atoms with Crippen molar-refractivity contribution in [1.29, 1.82) is 0 Å². The van der Waals surface area contributed by atoms with Crippen LogP contribution in [0.3, 0.4) is 0 Å². The Morgan fingerprint density at radius 2 is 2.19 bits per heavy atom. The number of amides is 1. The van der Waals surface area contributed by atoms with E-state index in [2.05, 4.69) is 31.0 Å². The second-order valence-corrected chi connectivity index (χ2v) is 5.24. The monoisotopic (exact) mass is 351 g/mol. The maximum Gasteiger partial charge on any atom is 0.356 e. The van der Waals surface area contributed by atoms with E-state index < -0.39 is 5.97 Å². The quantitative estimate of drug-likeness (QED) is 0.858. The molecule has 0 aliphatic carbocycles. The van der Waals surface area contributed by atoms with E-state index >= 15 is 0 Å². The molecule has 1 amide bonds. The third kappa shape index (κ3) is 3.69. The van der Waals surface area contributed by atoms with Crippen LogP contribution in [0.25, 0.3) is 0 Å². The minimum Gasteiger partial charge on any atom is -0.464 e. The Balaban J connectivity index is 2.13. The van der Waals surface area contributed by atoms with Crippen molar-refractivity contribution in [3.8, 4) is 0 Å². The maximum atomic E-state index is 12.1. The van der Waals surface area contributed by atoms with Crippen LogP contribution >= 0.6 is 15.9 Å². The number of nitrogens with zero attached hydrogens (tertiary/aromatic N) is 2. The molecular formula is C14H14BrN3O3. The Morgan fingerprint density at radius 3 is 2.86 bits per heavy atom. The molecular weight excluding hydrogens is 338 g/mol. The number of halogens is 1. The molecule has 0 spiro atoms. The van der Waals surface area contributed by atoms with Crippen molar-refractivity contribution in [2.24, 2.45) is 0 Å². The van der Waals surface area contributed by atoms with E-state index in [1.54, 1.807) is 19.1 Å². The first-order valence-electron chi connectivity index (χ1n) is 6.17. The van der Waals surface area contributed by atoms with E-state index in [1.807, 2.05) is 12.1 Å². The highest BCUT2D eigenvalue weighted by atomic mass is 79.9. The van der Waals surface area contributed by atoms with Crippen molar-refractivity contribution in [3.63, 3.8) is 0 Å². The van der Waals surface area contributed by atoms with Gasteiger partial charge in [-0.2, -0.15) is 0 Å². The summed E-state index contributed by atoms with van der Waals surface area (Å²) in [5.41, 5.74) is 0.922. The van der Waals surface area contributed by atoms with Gasteiger partial charge in [-0.05, 0) is 25.1 Å². The molecule has 0 radical (unpaired) electrons. The summed E-state index contributed by atoms with van der Waals surface area (Å²) in [6, 6.07) is 7.26. The highest BCUT2D eigenvalue weighted by Crippen LogP contribution is 2.16. The third-order valence-electron chi connectivity index (χ3n) is 2.86. The summed E-state index contributed by atoms with van der Waals surface area (Å²) >= 11 is 3.34. The molecule has 21 heavy (non-hydrogen) atoms. The summed E-state index contributed by atoms with van der Waals surface area (Å²) in [7, 11) is 1.29. The number of rotatable bonds is 4. The molecule has 1 aromatic heterocycles. The molecule has 0 atom stereocenters. The van der Waals surface area contributed by atoms with E-state index in [1.165, 1.54) is 17.9 Å². The fourth-order valence-electron chi connectivity index (χ4n) is 1.85. The minimum absolute atomic E-state index is 0.0111. The predicted molar refractivity (Wildman–Crippen MR) is 81.1 cm³/mol. The molecule has 0 fully saturated rings. The van der Waals surface area contributed by atoms with Crippen LogP contribution in [0.2, 0.25) is 0 Å². The Labute approximate surface area is 130 Å². The van der Waals surface area contributed by atoms with Crippen molar-refractivity contribution in [2.45, 2.75) is 13.5 Å². The number of ether oxygens (including phenoxy) is 1. The minimum atomic E-state index is -0.522. The van der Waals surface area contributed by atoms with Crippen molar-refractivity contribution in [1.82, 2.24) is 9.55 Å². The lowest BCUT2D eigenvalue weighted by molar-refractivity contribution is -0.116. The van der Waals surface area contributed by atoms with Crippen molar-refractivity contribution in [3.05, 3.63) is 46.5 Å². The highest BCUT2D eigenvalue weighted by Gasteiger charge is 2.17. The molecule has 1 aromatic carbocycles. The predicted octanol–water partition coefficient (Wildman–Crippen LogP) is 2.38. The van der Waals surface area contributed by atoms with Gasteiger partial charge in [-0.25, -0.2) is 9.78 Å². The van der Waals surface area contributed by atoms with Crippen LogP contribution in [-0.4, -0.2) is 28.5 Å². The lowest BCUT2D eigenvalue weighted by atomic mass is 10.3. The SMILES string of the molecule is COC(=O)c1cnc(C)n1CC(=O)Nc1cccc(Br)c1. The second-order valence-electron chi connectivity index (χ2n) is 4.33. The molecule has 0 unspecified atom stereocenters. The molecule has 0 saturated carbocycles. The zero-order chi connectivity index (χ0) is 15.4. The molecule has 2 aromatic rings. The number of carbonyl (C=O) groups is 2. The summed E-state index contributed by atoms with van der Waals surface area (Å²) in [5.74, 6) is -0.204. The number of methoxy groups -OCH3 is 1. The maximum absolute atomic E-state index is 12.1. The van der Waals surface area contributed by atoms with Crippen LogP contribution in [0.1, 0.15) is 16.3 Å². The largest absolute Gasteiger partial charge is 0.464 e.